The lowest BCUT2D eigenvalue weighted by Gasteiger charge is -2.12. The molecular weight excluding hydrogens is 202 g/mol. The lowest BCUT2D eigenvalue weighted by atomic mass is 9.97. The lowest BCUT2D eigenvalue weighted by molar-refractivity contribution is 0.316. The van der Waals surface area contributed by atoms with Crippen LogP contribution in [0.15, 0.2) is 16.8 Å². The molecule has 92 valence electrons. The summed E-state index contributed by atoms with van der Waals surface area (Å²) in [5, 5.41) is 14.7. The molecule has 0 amide bonds. The molecule has 4 heteroatoms. The standard InChI is InChI=1S/C12H23N3O/c13-12(15-16)7-4-9-14-10-8-11-5-2-1-3-6-11/h5,14,16H,1-4,6-10H2,(H2,13,15). The summed E-state index contributed by atoms with van der Waals surface area (Å²) in [6.07, 6.45) is 10.4. The Morgan fingerprint density at radius 2 is 2.31 bits per heavy atom. The average molecular weight is 225 g/mol. The Bertz CT molecular complexity index is 249. The Balaban J connectivity index is 1.93. The maximum absolute atomic E-state index is 8.34. The monoisotopic (exact) mass is 225 g/mol. The zero-order valence-corrected chi connectivity index (χ0v) is 9.91. The highest BCUT2D eigenvalue weighted by atomic mass is 16.4. The van der Waals surface area contributed by atoms with E-state index in [0.717, 1.165) is 19.5 Å². The van der Waals surface area contributed by atoms with Gasteiger partial charge in [0.25, 0.3) is 0 Å². The molecule has 0 saturated heterocycles. The van der Waals surface area contributed by atoms with Gasteiger partial charge in [-0.05, 0) is 51.6 Å². The lowest BCUT2D eigenvalue weighted by Crippen LogP contribution is -2.20. The normalized spacial score (nSPS) is 17.2. The average Bonchev–Trinajstić information content (AvgIpc) is 2.34. The molecule has 4 N–H and O–H groups in total. The Kier molecular flexibility index (Phi) is 6.65. The molecule has 0 fully saturated rings. The first-order valence-corrected chi connectivity index (χ1v) is 6.18. The molecule has 1 rings (SSSR count). The summed E-state index contributed by atoms with van der Waals surface area (Å²) in [5.74, 6) is 0.316. The van der Waals surface area contributed by atoms with Gasteiger partial charge in [-0.2, -0.15) is 0 Å². The van der Waals surface area contributed by atoms with Gasteiger partial charge in [0.1, 0.15) is 5.84 Å². The van der Waals surface area contributed by atoms with Crippen molar-refractivity contribution < 1.29 is 5.21 Å². The minimum atomic E-state index is 0.316. The molecule has 16 heavy (non-hydrogen) atoms. The number of hydrogen-bond acceptors (Lipinski definition) is 3. The van der Waals surface area contributed by atoms with Gasteiger partial charge in [-0.15, -0.1) is 0 Å². The van der Waals surface area contributed by atoms with E-state index in [9.17, 15) is 0 Å². The molecule has 0 saturated carbocycles. The van der Waals surface area contributed by atoms with Gasteiger partial charge in [0.2, 0.25) is 0 Å². The second-order valence-corrected chi connectivity index (χ2v) is 4.30. The zero-order valence-electron chi connectivity index (χ0n) is 9.91. The fourth-order valence-electron chi connectivity index (χ4n) is 1.95. The van der Waals surface area contributed by atoms with E-state index < -0.39 is 0 Å². The minimum Gasteiger partial charge on any atom is -0.409 e. The third-order valence-corrected chi connectivity index (χ3v) is 2.92. The van der Waals surface area contributed by atoms with Gasteiger partial charge in [-0.3, -0.25) is 0 Å². The van der Waals surface area contributed by atoms with E-state index in [4.69, 9.17) is 10.9 Å². The molecule has 1 aliphatic carbocycles. The van der Waals surface area contributed by atoms with Crippen molar-refractivity contribution in [3.63, 3.8) is 0 Å². The molecule has 0 aromatic carbocycles. The molecule has 0 radical (unpaired) electrons. The number of allylic oxidation sites excluding steroid dienone is 1. The number of nitrogens with two attached hydrogens (primary N) is 1. The van der Waals surface area contributed by atoms with Crippen molar-refractivity contribution in [3.8, 4) is 0 Å². The van der Waals surface area contributed by atoms with Crippen molar-refractivity contribution in [1.82, 2.24) is 5.32 Å². The van der Waals surface area contributed by atoms with Crippen LogP contribution in [-0.4, -0.2) is 24.1 Å². The van der Waals surface area contributed by atoms with Gasteiger partial charge < -0.3 is 16.3 Å². The molecule has 0 aliphatic heterocycles. The largest absolute Gasteiger partial charge is 0.409 e. The SMILES string of the molecule is NC(CCCNCCC1=CCCCC1)=NO. The van der Waals surface area contributed by atoms with Gasteiger partial charge in [0.15, 0.2) is 0 Å². The predicted molar refractivity (Wildman–Crippen MR) is 66.7 cm³/mol. The van der Waals surface area contributed by atoms with E-state index in [1.54, 1.807) is 5.57 Å². The first kappa shape index (κ1) is 13.0. The second kappa shape index (κ2) is 8.16. The van der Waals surface area contributed by atoms with Crippen molar-refractivity contribution in [2.75, 3.05) is 13.1 Å². The molecular formula is C12H23N3O. The van der Waals surface area contributed by atoms with Crippen molar-refractivity contribution in [1.29, 1.82) is 0 Å². The number of amidine groups is 1. The molecule has 0 unspecified atom stereocenters. The third-order valence-electron chi connectivity index (χ3n) is 2.92. The van der Waals surface area contributed by atoms with E-state index in [0.29, 0.717) is 12.3 Å². The number of nitrogens with zero attached hydrogens (tertiary/aromatic N) is 1. The Morgan fingerprint density at radius 3 is 3.00 bits per heavy atom. The zero-order chi connectivity index (χ0) is 11.6. The van der Waals surface area contributed by atoms with E-state index in [-0.39, 0.29) is 0 Å². The smallest absolute Gasteiger partial charge is 0.139 e. The summed E-state index contributed by atoms with van der Waals surface area (Å²) >= 11 is 0. The topological polar surface area (TPSA) is 70.6 Å². The Hall–Kier alpha value is -1.03. The van der Waals surface area contributed by atoms with Gasteiger partial charge in [0, 0.05) is 6.42 Å². The highest BCUT2D eigenvalue weighted by Gasteiger charge is 2.02. The van der Waals surface area contributed by atoms with Crippen LogP contribution in [0.4, 0.5) is 0 Å². The molecule has 1 aliphatic rings. The van der Waals surface area contributed by atoms with Crippen LogP contribution in [-0.2, 0) is 0 Å². The summed E-state index contributed by atoms with van der Waals surface area (Å²) in [4.78, 5) is 0. The maximum Gasteiger partial charge on any atom is 0.139 e. The fraction of sp³-hybridized carbons (Fsp3) is 0.750. The van der Waals surface area contributed by atoms with Crippen LogP contribution in [0.5, 0.6) is 0 Å². The Labute approximate surface area is 97.6 Å². The molecule has 0 atom stereocenters. The molecule has 4 nitrogen and oxygen atoms in total. The number of rotatable bonds is 7. The van der Waals surface area contributed by atoms with Crippen LogP contribution in [0.3, 0.4) is 0 Å². The van der Waals surface area contributed by atoms with E-state index in [1.165, 1.54) is 32.1 Å². The minimum absolute atomic E-state index is 0.316. The predicted octanol–water partition coefficient (Wildman–Crippen LogP) is 1.99. The molecule has 0 spiro atoms. The summed E-state index contributed by atoms with van der Waals surface area (Å²) in [7, 11) is 0. The number of hydrogen-bond donors (Lipinski definition) is 3. The summed E-state index contributed by atoms with van der Waals surface area (Å²) in [6, 6.07) is 0. The van der Waals surface area contributed by atoms with Crippen molar-refractivity contribution >= 4 is 5.84 Å². The van der Waals surface area contributed by atoms with Crippen LogP contribution >= 0.6 is 0 Å². The first-order chi connectivity index (χ1) is 7.83. The van der Waals surface area contributed by atoms with Crippen LogP contribution in [0.1, 0.15) is 44.9 Å². The van der Waals surface area contributed by atoms with E-state index in [1.807, 2.05) is 0 Å². The molecule has 0 bridgehead atoms. The Morgan fingerprint density at radius 1 is 1.44 bits per heavy atom. The van der Waals surface area contributed by atoms with Crippen LogP contribution in [0, 0.1) is 0 Å². The van der Waals surface area contributed by atoms with Gasteiger partial charge >= 0.3 is 0 Å². The summed E-state index contributed by atoms with van der Waals surface area (Å²) in [5.41, 5.74) is 6.97. The molecule has 0 aromatic rings. The van der Waals surface area contributed by atoms with Crippen LogP contribution in [0.25, 0.3) is 0 Å². The summed E-state index contributed by atoms with van der Waals surface area (Å²) < 4.78 is 0. The number of oxime groups is 1. The molecule has 0 heterocycles. The second-order valence-electron chi connectivity index (χ2n) is 4.30. The number of nitrogens with one attached hydrogen (secondary N) is 1. The maximum atomic E-state index is 8.34. The van der Waals surface area contributed by atoms with Gasteiger partial charge in [0.05, 0.1) is 0 Å². The first-order valence-electron chi connectivity index (χ1n) is 6.18. The van der Waals surface area contributed by atoms with E-state index >= 15 is 0 Å². The third kappa shape index (κ3) is 5.75. The highest BCUT2D eigenvalue weighted by Crippen LogP contribution is 2.19. The van der Waals surface area contributed by atoms with Crippen LogP contribution < -0.4 is 11.1 Å². The van der Waals surface area contributed by atoms with Gasteiger partial charge in [-0.25, -0.2) is 0 Å². The quantitative estimate of drug-likeness (QED) is 0.155. The van der Waals surface area contributed by atoms with Gasteiger partial charge in [-0.1, -0.05) is 16.8 Å². The van der Waals surface area contributed by atoms with Crippen LogP contribution in [0.2, 0.25) is 0 Å². The summed E-state index contributed by atoms with van der Waals surface area (Å²) in [6.45, 7) is 1.98. The molecule has 0 aromatic heterocycles. The van der Waals surface area contributed by atoms with Crippen molar-refractivity contribution in [2.24, 2.45) is 10.9 Å². The van der Waals surface area contributed by atoms with Crippen molar-refractivity contribution in [3.05, 3.63) is 11.6 Å². The highest BCUT2D eigenvalue weighted by molar-refractivity contribution is 5.79. The fourth-order valence-corrected chi connectivity index (χ4v) is 1.95. The van der Waals surface area contributed by atoms with E-state index in [2.05, 4.69) is 16.5 Å². The van der Waals surface area contributed by atoms with Crippen molar-refractivity contribution in [2.45, 2.75) is 44.9 Å².